The van der Waals surface area contributed by atoms with Crippen LogP contribution < -0.4 is 0 Å². The van der Waals surface area contributed by atoms with Crippen LogP contribution in [0.3, 0.4) is 0 Å². The highest BCUT2D eigenvalue weighted by atomic mass is 16.8. The summed E-state index contributed by atoms with van der Waals surface area (Å²) in [5.74, 6) is -2.85. The first kappa shape index (κ1) is 47.7. The van der Waals surface area contributed by atoms with E-state index >= 15 is 0 Å². The molecule has 2 saturated carbocycles. The number of aliphatic hydroxyl groups excluding tert-OH is 8. The second-order valence-electron chi connectivity index (χ2n) is 17.8. The Bertz CT molecular complexity index is 1580. The molecule has 2 saturated heterocycles. The van der Waals surface area contributed by atoms with Crippen LogP contribution in [0.4, 0.5) is 0 Å². The van der Waals surface area contributed by atoms with Gasteiger partial charge in [0.05, 0.1) is 61.6 Å². The fourth-order valence-electron chi connectivity index (χ4n) is 9.42. The van der Waals surface area contributed by atoms with Crippen molar-refractivity contribution in [2.24, 2.45) is 35.5 Å². The Morgan fingerprint density at radius 2 is 1.28 bits per heavy atom. The average Bonchev–Trinajstić information content (AvgIpc) is 3.79. The van der Waals surface area contributed by atoms with Gasteiger partial charge in [-0.2, -0.15) is 0 Å². The molecule has 4 fully saturated rings. The highest BCUT2D eigenvalue weighted by molar-refractivity contribution is 5.89. The third-order valence-corrected chi connectivity index (χ3v) is 13.3. The predicted molar refractivity (Wildman–Crippen MR) is 207 cm³/mol. The van der Waals surface area contributed by atoms with Crippen molar-refractivity contribution >= 4 is 11.9 Å². The van der Waals surface area contributed by atoms with E-state index in [0.717, 1.165) is 24.8 Å². The van der Waals surface area contributed by atoms with Crippen LogP contribution in [0, 0.1) is 35.5 Å². The fourth-order valence-corrected chi connectivity index (χ4v) is 9.42. The van der Waals surface area contributed by atoms with Crippen molar-refractivity contribution in [3.8, 4) is 0 Å². The van der Waals surface area contributed by atoms with Gasteiger partial charge in [-0.15, -0.1) is 0 Å². The second kappa shape index (κ2) is 20.4. The number of fused-ring (bicyclic) bond motifs is 2. The molecule has 0 aromatic heterocycles. The van der Waals surface area contributed by atoms with E-state index in [2.05, 4.69) is 13.5 Å². The number of esters is 2. The molecule has 2 unspecified atom stereocenters. The van der Waals surface area contributed by atoms with Gasteiger partial charge in [0, 0.05) is 17.8 Å². The van der Waals surface area contributed by atoms with Crippen molar-refractivity contribution < 1.29 is 93.4 Å². The van der Waals surface area contributed by atoms with E-state index in [9.17, 15) is 55.5 Å². The van der Waals surface area contributed by atoms with Crippen molar-refractivity contribution in [1.82, 2.24) is 0 Å². The number of carbonyl (C=O) groups excluding carboxylic acids is 2. The van der Waals surface area contributed by atoms with Crippen LogP contribution in [-0.2, 0) is 47.5 Å². The Labute approximate surface area is 354 Å². The van der Waals surface area contributed by atoms with E-state index in [1.165, 1.54) is 12.5 Å². The third kappa shape index (κ3) is 10.5. The van der Waals surface area contributed by atoms with Gasteiger partial charge in [0.25, 0.3) is 0 Å². The summed E-state index contributed by atoms with van der Waals surface area (Å²) in [4.78, 5) is 26.5. The molecule has 0 radical (unpaired) electrons. The molecule has 0 amide bonds. The lowest BCUT2D eigenvalue weighted by molar-refractivity contribution is -0.346. The molecule has 19 heteroatoms. The van der Waals surface area contributed by atoms with Crippen molar-refractivity contribution in [2.45, 2.75) is 152 Å². The van der Waals surface area contributed by atoms with E-state index in [1.807, 2.05) is 6.92 Å². The standard InChI is InChI=1S/C42H64O19/c1-19(11-13-54-36(51)24-17-56-38(28-21(3)8-9-22(24)28)60-40-34(49)32(47)30(45)26(14-43)58-40)6-5-7-20(2)16-55-37(52)25-18-57-39(29-23(25)10-12-42(29,4)53)61-41-35(50)33(48)31(46)27(15-44)59-41/h17-20,22-23,26-35,38-41,43-50,53H,3,5-16H2,1-2,4H3/t19?,20?,22-,23-,26-,27-,28-,29-,30-,31-,32+,33+,34-,35-,38+,39+,40+,41+,42+/m1/s1. The number of hydrogen-bond acceptors (Lipinski definition) is 19. The zero-order chi connectivity index (χ0) is 44.3. The van der Waals surface area contributed by atoms with Gasteiger partial charge in [0.1, 0.15) is 48.8 Å². The summed E-state index contributed by atoms with van der Waals surface area (Å²) >= 11 is 0. The van der Waals surface area contributed by atoms with Crippen molar-refractivity contribution in [3.63, 3.8) is 0 Å². The number of rotatable bonds is 17. The molecular formula is C42H64O19. The lowest BCUT2D eigenvalue weighted by Crippen LogP contribution is -2.60. The van der Waals surface area contributed by atoms with Gasteiger partial charge in [-0.25, -0.2) is 9.59 Å². The summed E-state index contributed by atoms with van der Waals surface area (Å²) in [7, 11) is 0. The van der Waals surface area contributed by atoms with Crippen LogP contribution in [0.25, 0.3) is 0 Å². The minimum absolute atomic E-state index is 0.0321. The maximum atomic E-state index is 13.3. The van der Waals surface area contributed by atoms with Gasteiger partial charge < -0.3 is 83.9 Å². The van der Waals surface area contributed by atoms with Gasteiger partial charge in [-0.1, -0.05) is 38.8 Å². The summed E-state index contributed by atoms with van der Waals surface area (Å²) in [6, 6.07) is 0. The van der Waals surface area contributed by atoms with Crippen LogP contribution in [0.2, 0.25) is 0 Å². The van der Waals surface area contributed by atoms with Crippen LogP contribution in [0.15, 0.2) is 35.8 Å². The summed E-state index contributed by atoms with van der Waals surface area (Å²) < 4.78 is 45.6. The molecule has 0 aromatic carbocycles. The van der Waals surface area contributed by atoms with Gasteiger partial charge >= 0.3 is 11.9 Å². The molecule has 6 aliphatic rings. The number of hydrogen-bond donors (Lipinski definition) is 9. The molecular weight excluding hydrogens is 808 g/mol. The summed E-state index contributed by atoms with van der Waals surface area (Å²) in [5.41, 5.74) is 0.0586. The van der Waals surface area contributed by atoms with E-state index < -0.39 is 122 Å². The van der Waals surface area contributed by atoms with Crippen molar-refractivity contribution in [1.29, 1.82) is 0 Å². The molecule has 4 aliphatic heterocycles. The molecule has 6 rings (SSSR count). The van der Waals surface area contributed by atoms with Crippen molar-refractivity contribution in [2.75, 3.05) is 26.4 Å². The quantitative estimate of drug-likeness (QED) is 0.0650. The monoisotopic (exact) mass is 872 g/mol. The molecule has 0 spiro atoms. The summed E-state index contributed by atoms with van der Waals surface area (Å²) in [5, 5.41) is 91.8. The molecule has 2 aliphatic carbocycles. The maximum absolute atomic E-state index is 13.3. The van der Waals surface area contributed by atoms with Gasteiger partial charge in [-0.05, 0) is 57.3 Å². The normalized spacial score (nSPS) is 41.9. The minimum atomic E-state index is -1.67. The lowest BCUT2D eigenvalue weighted by atomic mass is 9.81. The Balaban J connectivity index is 0.912. The largest absolute Gasteiger partial charge is 0.471 e. The Morgan fingerprint density at radius 3 is 1.89 bits per heavy atom. The van der Waals surface area contributed by atoms with Crippen LogP contribution in [0.5, 0.6) is 0 Å². The van der Waals surface area contributed by atoms with Crippen molar-refractivity contribution in [3.05, 3.63) is 35.8 Å². The zero-order valence-corrected chi connectivity index (χ0v) is 34.8. The first-order valence-electron chi connectivity index (χ1n) is 21.3. The number of ether oxygens (including phenoxy) is 8. The fraction of sp³-hybridized carbons (Fsp3) is 0.810. The molecule has 9 N–H and O–H groups in total. The number of aliphatic hydroxyl groups is 9. The van der Waals surface area contributed by atoms with E-state index in [-0.39, 0.29) is 36.5 Å². The zero-order valence-electron chi connectivity index (χ0n) is 34.8. The predicted octanol–water partition coefficient (Wildman–Crippen LogP) is -0.622. The van der Waals surface area contributed by atoms with E-state index in [4.69, 9.17) is 37.9 Å². The summed E-state index contributed by atoms with van der Waals surface area (Å²) in [6.45, 7) is 8.86. The first-order valence-corrected chi connectivity index (χ1v) is 21.3. The molecule has 19 atom stereocenters. The lowest BCUT2D eigenvalue weighted by Gasteiger charge is -2.44. The molecule has 4 heterocycles. The average molecular weight is 873 g/mol. The van der Waals surface area contributed by atoms with Crippen LogP contribution in [0.1, 0.15) is 72.1 Å². The smallest absolute Gasteiger partial charge is 0.337 e. The Kier molecular flexibility index (Phi) is 15.9. The van der Waals surface area contributed by atoms with Gasteiger partial charge in [-0.3, -0.25) is 0 Å². The number of carbonyl (C=O) groups is 2. The first-order chi connectivity index (χ1) is 29.0. The second-order valence-corrected chi connectivity index (χ2v) is 17.8. The topological polar surface area (TPSA) is 290 Å². The highest BCUT2D eigenvalue weighted by Crippen LogP contribution is 2.50. The Hall–Kier alpha value is -2.76. The van der Waals surface area contributed by atoms with Crippen LogP contribution >= 0.6 is 0 Å². The van der Waals surface area contributed by atoms with E-state index in [0.29, 0.717) is 37.7 Å². The van der Waals surface area contributed by atoms with E-state index in [1.54, 1.807) is 6.92 Å². The molecule has 61 heavy (non-hydrogen) atoms. The van der Waals surface area contributed by atoms with Gasteiger partial charge in [0.2, 0.25) is 12.6 Å². The molecule has 19 nitrogen and oxygen atoms in total. The summed E-state index contributed by atoms with van der Waals surface area (Å²) in [6.07, 6.45) is -9.46. The third-order valence-electron chi connectivity index (χ3n) is 13.3. The SMILES string of the molecule is C=C1CC[C@@H]2C(C(=O)OCCC(C)CCCC(C)COC(=O)C3=CO[C@@H](O[C@@H]4O[C@H](CO)[C@@H](O)[C@H](O)[C@H]4O)[C@H]4[C@@H]3CC[C@]4(C)O)=CO[C@@H](O[C@@H]3O[C@H](CO)[C@@H](O)[C@H](O)[C@H]3O)[C@H]12. The van der Waals surface area contributed by atoms with Gasteiger partial charge in [0.15, 0.2) is 12.6 Å². The Morgan fingerprint density at radius 1 is 0.738 bits per heavy atom. The van der Waals surface area contributed by atoms with Crippen LogP contribution in [-0.4, -0.2) is 164 Å². The maximum Gasteiger partial charge on any atom is 0.337 e. The molecule has 0 aromatic rings. The molecule has 0 bridgehead atoms. The highest BCUT2D eigenvalue weighted by Gasteiger charge is 2.56. The minimum Gasteiger partial charge on any atom is -0.471 e. The molecule has 346 valence electrons.